The fraction of sp³-hybridized carbons (Fsp3) is 1.00. The number of hydrogen-bond donors (Lipinski definition) is 2. The van der Waals surface area contributed by atoms with Gasteiger partial charge in [0, 0.05) is 6.54 Å². The highest BCUT2D eigenvalue weighted by Gasteiger charge is 1.98. The summed E-state index contributed by atoms with van der Waals surface area (Å²) in [7, 11) is -3.80. The Balaban J connectivity index is -0.000000180. The summed E-state index contributed by atoms with van der Waals surface area (Å²) in [6.45, 7) is -0.0289. The third-order valence-electron chi connectivity index (χ3n) is 0.376. The van der Waals surface area contributed by atoms with Crippen molar-refractivity contribution in [3.63, 3.8) is 0 Å². The van der Waals surface area contributed by atoms with Crippen LogP contribution in [-0.2, 0) is 10.1 Å². The summed E-state index contributed by atoms with van der Waals surface area (Å²) in [5.74, 6) is -0.354. The van der Waals surface area contributed by atoms with Gasteiger partial charge < -0.3 is 16.7 Å². The van der Waals surface area contributed by atoms with E-state index >= 15 is 0 Å². The third-order valence-corrected chi connectivity index (χ3v) is 1.13. The molecule has 0 aromatic rings. The number of nitrogens with two attached hydrogens (primary N) is 1. The van der Waals surface area contributed by atoms with E-state index in [2.05, 4.69) is 0 Å². The maximum Gasteiger partial charge on any atom is 0.266 e. The molecule has 0 unspecified atom stereocenters. The summed E-state index contributed by atoms with van der Waals surface area (Å²) >= 11 is 0. The molecular formula is C2H11NO5S. The third kappa shape index (κ3) is 18.2. The van der Waals surface area contributed by atoms with Crippen LogP contribution >= 0.6 is 0 Å². The zero-order valence-corrected chi connectivity index (χ0v) is 5.48. The molecule has 60 valence electrons. The van der Waals surface area contributed by atoms with E-state index in [9.17, 15) is 8.42 Å². The second-order valence-corrected chi connectivity index (χ2v) is 2.65. The summed E-state index contributed by atoms with van der Waals surface area (Å²) in [4.78, 5) is 0. The van der Waals surface area contributed by atoms with Crippen molar-refractivity contribution in [2.45, 2.75) is 0 Å². The lowest BCUT2D eigenvalue weighted by Crippen LogP contribution is -2.13. The van der Waals surface area contributed by atoms with E-state index in [1.807, 2.05) is 0 Å². The molecule has 0 saturated heterocycles. The van der Waals surface area contributed by atoms with Crippen molar-refractivity contribution in [2.75, 3.05) is 12.3 Å². The van der Waals surface area contributed by atoms with Crippen LogP contribution in [0.3, 0.4) is 0 Å². The maximum absolute atomic E-state index is 9.71. The molecule has 7 heteroatoms. The first-order chi connectivity index (χ1) is 3.06. The van der Waals surface area contributed by atoms with Gasteiger partial charge in [-0.2, -0.15) is 8.42 Å². The Morgan fingerprint density at radius 1 is 1.33 bits per heavy atom. The van der Waals surface area contributed by atoms with E-state index in [1.165, 1.54) is 0 Å². The van der Waals surface area contributed by atoms with Gasteiger partial charge in [0.15, 0.2) is 0 Å². The van der Waals surface area contributed by atoms with Crippen LogP contribution in [0.15, 0.2) is 0 Å². The summed E-state index contributed by atoms with van der Waals surface area (Å²) in [5, 5.41) is 0. The summed E-state index contributed by atoms with van der Waals surface area (Å²) in [5.41, 5.74) is 4.78. The normalized spacial score (nSPS) is 9.11. The summed E-state index contributed by atoms with van der Waals surface area (Å²) in [6, 6.07) is 0. The molecule has 0 heterocycles. The van der Waals surface area contributed by atoms with Crippen LogP contribution in [0.5, 0.6) is 0 Å². The fourth-order valence-corrected chi connectivity index (χ4v) is 0.447. The van der Waals surface area contributed by atoms with Gasteiger partial charge in [-0.05, 0) is 0 Å². The van der Waals surface area contributed by atoms with Gasteiger partial charge in [-0.3, -0.25) is 4.55 Å². The molecule has 0 amide bonds. The van der Waals surface area contributed by atoms with Crippen molar-refractivity contribution >= 4 is 10.1 Å². The summed E-state index contributed by atoms with van der Waals surface area (Å²) in [6.07, 6.45) is 0. The molecule has 0 rings (SSSR count). The Morgan fingerprint density at radius 2 is 1.67 bits per heavy atom. The zero-order chi connectivity index (χ0) is 5.91. The Bertz CT molecular complexity index is 128. The second kappa shape index (κ2) is 5.92. The average Bonchev–Trinajstić information content (AvgIpc) is 1.30. The van der Waals surface area contributed by atoms with E-state index in [4.69, 9.17) is 10.3 Å². The van der Waals surface area contributed by atoms with Gasteiger partial charge in [0.1, 0.15) is 0 Å². The van der Waals surface area contributed by atoms with Crippen LogP contribution in [0.1, 0.15) is 0 Å². The minimum Gasteiger partial charge on any atom is -0.412 e. The molecule has 0 atom stereocenters. The second-order valence-electron chi connectivity index (χ2n) is 1.07. The van der Waals surface area contributed by atoms with Crippen molar-refractivity contribution in [3.8, 4) is 0 Å². The molecule has 6 nitrogen and oxygen atoms in total. The monoisotopic (exact) mass is 161 g/mol. The molecule has 9 heavy (non-hydrogen) atoms. The molecule has 0 spiro atoms. The molecular weight excluding hydrogens is 150 g/mol. The fourth-order valence-electron chi connectivity index (χ4n) is 0.149. The van der Waals surface area contributed by atoms with Crippen molar-refractivity contribution < 1.29 is 23.9 Å². The van der Waals surface area contributed by atoms with E-state index in [-0.39, 0.29) is 23.2 Å². The van der Waals surface area contributed by atoms with Crippen molar-refractivity contribution in [1.29, 1.82) is 0 Å². The first-order valence-corrected chi connectivity index (χ1v) is 3.32. The van der Waals surface area contributed by atoms with Gasteiger partial charge in [0.2, 0.25) is 0 Å². The average molecular weight is 161 g/mol. The first-order valence-electron chi connectivity index (χ1n) is 1.71. The van der Waals surface area contributed by atoms with Crippen LogP contribution in [0.4, 0.5) is 0 Å². The topological polar surface area (TPSA) is 143 Å². The molecule has 0 aromatic carbocycles. The lowest BCUT2D eigenvalue weighted by atomic mass is 10.8. The highest BCUT2D eigenvalue weighted by molar-refractivity contribution is 7.85. The predicted molar refractivity (Wildman–Crippen MR) is 32.7 cm³/mol. The van der Waals surface area contributed by atoms with Crippen molar-refractivity contribution in [1.82, 2.24) is 0 Å². The van der Waals surface area contributed by atoms with Crippen LogP contribution < -0.4 is 5.73 Å². The van der Waals surface area contributed by atoms with Crippen LogP contribution in [-0.4, -0.2) is 36.2 Å². The molecule has 0 radical (unpaired) electrons. The highest BCUT2D eigenvalue weighted by atomic mass is 32.2. The van der Waals surface area contributed by atoms with Gasteiger partial charge in [-0.1, -0.05) is 0 Å². The highest BCUT2D eigenvalue weighted by Crippen LogP contribution is 1.74. The van der Waals surface area contributed by atoms with E-state index < -0.39 is 10.1 Å². The van der Waals surface area contributed by atoms with E-state index in [0.29, 0.717) is 0 Å². The van der Waals surface area contributed by atoms with Gasteiger partial charge >= 0.3 is 0 Å². The molecule has 0 aliphatic heterocycles. The smallest absolute Gasteiger partial charge is 0.266 e. The molecule has 0 fully saturated rings. The Morgan fingerprint density at radius 3 is 1.67 bits per heavy atom. The van der Waals surface area contributed by atoms with Gasteiger partial charge in [-0.25, -0.2) is 0 Å². The molecule has 0 aliphatic rings. The molecule has 7 N–H and O–H groups in total. The van der Waals surface area contributed by atoms with Crippen LogP contribution in [0.2, 0.25) is 0 Å². The largest absolute Gasteiger partial charge is 0.412 e. The Kier molecular flexibility index (Phi) is 10.5. The Labute approximate surface area is 53.0 Å². The molecule has 0 saturated carbocycles. The van der Waals surface area contributed by atoms with Gasteiger partial charge in [0.05, 0.1) is 5.75 Å². The number of rotatable bonds is 2. The maximum atomic E-state index is 9.71. The van der Waals surface area contributed by atoms with Crippen molar-refractivity contribution in [2.24, 2.45) is 5.73 Å². The van der Waals surface area contributed by atoms with E-state index in [1.54, 1.807) is 0 Å². The van der Waals surface area contributed by atoms with Crippen molar-refractivity contribution in [3.05, 3.63) is 0 Å². The molecule has 0 bridgehead atoms. The summed E-state index contributed by atoms with van der Waals surface area (Å²) < 4.78 is 27.3. The quantitative estimate of drug-likeness (QED) is 0.421. The van der Waals surface area contributed by atoms with Gasteiger partial charge in [-0.15, -0.1) is 0 Å². The Hall–Kier alpha value is -0.210. The SMILES string of the molecule is NCCS(=O)(=O)O.O.O. The van der Waals surface area contributed by atoms with Crippen LogP contribution in [0, 0.1) is 0 Å². The predicted octanol–water partition coefficient (Wildman–Crippen LogP) is -2.82. The van der Waals surface area contributed by atoms with Crippen LogP contribution in [0.25, 0.3) is 0 Å². The minimum atomic E-state index is -3.80. The number of hydrogen-bond acceptors (Lipinski definition) is 3. The molecule has 0 aromatic heterocycles. The minimum absolute atomic E-state index is 0. The van der Waals surface area contributed by atoms with E-state index in [0.717, 1.165) is 0 Å². The standard InChI is InChI=1S/C2H7NO3S.2H2O/c3-1-2-7(4,5)6;;/h1-3H2,(H,4,5,6);2*1H2. The zero-order valence-electron chi connectivity index (χ0n) is 4.66. The van der Waals surface area contributed by atoms with Gasteiger partial charge in [0.25, 0.3) is 10.1 Å². The molecule has 0 aliphatic carbocycles. The lowest BCUT2D eigenvalue weighted by molar-refractivity contribution is 0.483. The first kappa shape index (κ1) is 15.9. The lowest BCUT2D eigenvalue weighted by Gasteiger charge is -1.86.